The molecular formula is C26H18N2. The number of fused-ring (bicyclic) bond motifs is 3. The molecular weight excluding hydrogens is 340 g/mol. The summed E-state index contributed by atoms with van der Waals surface area (Å²) in [6.45, 7) is 0. The molecule has 1 atom stereocenters. The van der Waals surface area contributed by atoms with Gasteiger partial charge in [0.2, 0.25) is 0 Å². The van der Waals surface area contributed by atoms with E-state index >= 15 is 0 Å². The zero-order valence-electron chi connectivity index (χ0n) is 15.3. The third-order valence-corrected chi connectivity index (χ3v) is 5.81. The first-order chi connectivity index (χ1) is 13.9. The van der Waals surface area contributed by atoms with Gasteiger partial charge in [0.25, 0.3) is 0 Å². The number of benzene rings is 3. The maximum Gasteiger partial charge on any atom is 0.0717 e. The standard InChI is InChI=1S/C26H18N2/c1-2-6-17(7-3-1)18-10-12-19(13-11-18)23-16-27-25-14-21-20-8-4-5-9-24(20)28-26(21)15-22(23)25/h1-7,9-16,23H,8H2. The number of rotatable bonds is 2. The van der Waals surface area contributed by atoms with E-state index in [2.05, 4.69) is 85.1 Å². The Balaban J connectivity index is 1.41. The van der Waals surface area contributed by atoms with Crippen molar-refractivity contribution >= 4 is 17.5 Å². The highest BCUT2D eigenvalue weighted by Gasteiger charge is 2.23. The van der Waals surface area contributed by atoms with E-state index in [1.807, 2.05) is 6.07 Å². The van der Waals surface area contributed by atoms with Crippen molar-refractivity contribution in [2.24, 2.45) is 9.98 Å². The quantitative estimate of drug-likeness (QED) is 0.627. The molecule has 1 unspecified atom stereocenters. The summed E-state index contributed by atoms with van der Waals surface area (Å²) < 4.78 is 0. The predicted molar refractivity (Wildman–Crippen MR) is 114 cm³/mol. The van der Waals surface area contributed by atoms with Crippen LogP contribution in [-0.2, 0) is 0 Å². The van der Waals surface area contributed by atoms with E-state index in [4.69, 9.17) is 9.98 Å². The molecule has 3 aromatic carbocycles. The Hall–Kier alpha value is -3.52. The second-order valence-corrected chi connectivity index (χ2v) is 7.45. The zero-order valence-corrected chi connectivity index (χ0v) is 15.3. The van der Waals surface area contributed by atoms with Crippen LogP contribution in [0.15, 0.2) is 101 Å². The monoisotopic (exact) mass is 358 g/mol. The first-order valence-corrected chi connectivity index (χ1v) is 9.69. The summed E-state index contributed by atoms with van der Waals surface area (Å²) in [7, 11) is 0. The van der Waals surface area contributed by atoms with E-state index in [1.165, 1.54) is 33.0 Å². The lowest BCUT2D eigenvalue weighted by atomic mass is 9.91. The second kappa shape index (κ2) is 6.00. The summed E-state index contributed by atoms with van der Waals surface area (Å²) >= 11 is 0. The van der Waals surface area contributed by atoms with Gasteiger partial charge in [-0.15, -0.1) is 0 Å². The molecule has 3 aromatic rings. The third kappa shape index (κ3) is 2.35. The van der Waals surface area contributed by atoms with Crippen LogP contribution in [0.5, 0.6) is 0 Å². The molecule has 0 aromatic heterocycles. The Morgan fingerprint density at radius 1 is 0.857 bits per heavy atom. The van der Waals surface area contributed by atoms with Crippen molar-refractivity contribution < 1.29 is 0 Å². The molecule has 0 saturated carbocycles. The van der Waals surface area contributed by atoms with Gasteiger partial charge in [-0.1, -0.05) is 66.7 Å². The van der Waals surface area contributed by atoms with Gasteiger partial charge in [0, 0.05) is 17.4 Å². The molecule has 0 N–H and O–H groups in total. The van der Waals surface area contributed by atoms with Gasteiger partial charge in [0.1, 0.15) is 0 Å². The van der Waals surface area contributed by atoms with Crippen molar-refractivity contribution in [3.8, 4) is 11.1 Å². The number of hydrogen-bond donors (Lipinski definition) is 0. The van der Waals surface area contributed by atoms with Crippen molar-refractivity contribution in [1.82, 2.24) is 0 Å². The van der Waals surface area contributed by atoms with Gasteiger partial charge in [-0.25, -0.2) is 4.99 Å². The summed E-state index contributed by atoms with van der Waals surface area (Å²) in [5.41, 5.74) is 8.51. The Kier molecular flexibility index (Phi) is 3.33. The minimum Gasteiger partial charge on any atom is -0.260 e. The third-order valence-electron chi connectivity index (χ3n) is 5.81. The summed E-state index contributed by atoms with van der Waals surface area (Å²) in [6.07, 6.45) is 9.41. The van der Waals surface area contributed by atoms with Crippen LogP contribution in [0.4, 0.5) is 5.69 Å². The lowest BCUT2D eigenvalue weighted by Crippen LogP contribution is -2.23. The summed E-state index contributed by atoms with van der Waals surface area (Å²) in [6, 6.07) is 23.8. The number of nitrogens with zero attached hydrogens (tertiary/aromatic N) is 2. The van der Waals surface area contributed by atoms with E-state index in [9.17, 15) is 0 Å². The minimum absolute atomic E-state index is 0.194. The molecule has 132 valence electrons. The van der Waals surface area contributed by atoms with Crippen molar-refractivity contribution in [2.45, 2.75) is 12.3 Å². The first kappa shape index (κ1) is 15.5. The Morgan fingerprint density at radius 3 is 2.54 bits per heavy atom. The topological polar surface area (TPSA) is 24.7 Å². The van der Waals surface area contributed by atoms with E-state index in [1.54, 1.807) is 0 Å². The van der Waals surface area contributed by atoms with Crippen LogP contribution in [0.25, 0.3) is 16.7 Å². The van der Waals surface area contributed by atoms with Crippen LogP contribution < -0.4 is 10.6 Å². The van der Waals surface area contributed by atoms with Crippen molar-refractivity contribution in [2.75, 3.05) is 0 Å². The smallest absolute Gasteiger partial charge is 0.0717 e. The average Bonchev–Trinajstić information content (AvgIpc) is 3.33. The number of hydrogen-bond acceptors (Lipinski definition) is 2. The Labute approximate surface area is 163 Å². The van der Waals surface area contributed by atoms with Crippen molar-refractivity contribution in [3.05, 3.63) is 112 Å². The molecule has 2 heteroatoms. The van der Waals surface area contributed by atoms with Crippen LogP contribution in [0.3, 0.4) is 0 Å². The van der Waals surface area contributed by atoms with Gasteiger partial charge in [0.05, 0.1) is 16.7 Å². The molecule has 0 saturated heterocycles. The molecule has 2 nitrogen and oxygen atoms in total. The Bertz CT molecular complexity index is 1310. The van der Waals surface area contributed by atoms with Gasteiger partial charge >= 0.3 is 0 Å². The molecule has 0 amide bonds. The second-order valence-electron chi connectivity index (χ2n) is 7.45. The van der Waals surface area contributed by atoms with Gasteiger partial charge in [-0.3, -0.25) is 4.99 Å². The van der Waals surface area contributed by atoms with Crippen LogP contribution in [0.2, 0.25) is 0 Å². The van der Waals surface area contributed by atoms with E-state index < -0.39 is 0 Å². The lowest BCUT2D eigenvalue weighted by molar-refractivity contribution is 1.12. The summed E-state index contributed by atoms with van der Waals surface area (Å²) in [5.74, 6) is 0.194. The molecule has 2 heterocycles. The van der Waals surface area contributed by atoms with Crippen LogP contribution >= 0.6 is 0 Å². The SMILES string of the molecule is C1=CCC2=c3cc4c(cc3=NC2=C1)C(c1ccc(-c2ccccc2)cc1)C=N4. The molecule has 1 aliphatic carbocycles. The fraction of sp³-hybridized carbons (Fsp3) is 0.0769. The molecule has 0 radical (unpaired) electrons. The largest absolute Gasteiger partial charge is 0.260 e. The molecule has 0 bridgehead atoms. The van der Waals surface area contributed by atoms with E-state index in [0.29, 0.717) is 0 Å². The van der Waals surface area contributed by atoms with Crippen molar-refractivity contribution in [1.29, 1.82) is 0 Å². The first-order valence-electron chi connectivity index (χ1n) is 9.69. The van der Waals surface area contributed by atoms with Gasteiger partial charge in [-0.2, -0.15) is 0 Å². The van der Waals surface area contributed by atoms with Crippen LogP contribution in [0, 0.1) is 0 Å². The zero-order chi connectivity index (χ0) is 18.5. The Morgan fingerprint density at radius 2 is 1.68 bits per heavy atom. The molecule has 2 aliphatic heterocycles. The molecule has 3 aliphatic rings. The summed E-state index contributed by atoms with van der Waals surface area (Å²) in [5, 5.41) is 2.33. The molecule has 6 rings (SSSR count). The van der Waals surface area contributed by atoms with Gasteiger partial charge < -0.3 is 0 Å². The van der Waals surface area contributed by atoms with E-state index in [-0.39, 0.29) is 5.92 Å². The number of aliphatic imine (C=N–C) groups is 1. The van der Waals surface area contributed by atoms with E-state index in [0.717, 1.165) is 23.2 Å². The maximum absolute atomic E-state index is 4.85. The van der Waals surface area contributed by atoms with Crippen LogP contribution in [-0.4, -0.2) is 6.21 Å². The fourth-order valence-corrected chi connectivity index (χ4v) is 4.34. The van der Waals surface area contributed by atoms with Gasteiger partial charge in [0.15, 0.2) is 0 Å². The minimum atomic E-state index is 0.194. The molecule has 28 heavy (non-hydrogen) atoms. The van der Waals surface area contributed by atoms with Crippen molar-refractivity contribution in [3.63, 3.8) is 0 Å². The normalized spacial score (nSPS) is 18.4. The highest BCUT2D eigenvalue weighted by atomic mass is 14.8. The fourth-order valence-electron chi connectivity index (χ4n) is 4.34. The molecule has 0 spiro atoms. The number of allylic oxidation sites excluding steroid dienone is 4. The predicted octanol–water partition coefficient (Wildman–Crippen LogP) is 4.83. The molecule has 0 fully saturated rings. The van der Waals surface area contributed by atoms with Gasteiger partial charge in [-0.05, 0) is 52.5 Å². The highest BCUT2D eigenvalue weighted by Crippen LogP contribution is 2.36. The average molecular weight is 358 g/mol. The van der Waals surface area contributed by atoms with Crippen LogP contribution in [0.1, 0.15) is 23.5 Å². The summed E-state index contributed by atoms with van der Waals surface area (Å²) in [4.78, 5) is 9.59. The lowest BCUT2D eigenvalue weighted by Gasteiger charge is -2.11. The highest BCUT2D eigenvalue weighted by molar-refractivity contribution is 5.85. The maximum atomic E-state index is 4.85.